The molecule has 0 N–H and O–H groups in total. The van der Waals surface area contributed by atoms with Gasteiger partial charge in [0.2, 0.25) is 0 Å². The van der Waals surface area contributed by atoms with Crippen LogP contribution in [-0.4, -0.2) is 29.4 Å². The maximum atomic E-state index is 13.0. The van der Waals surface area contributed by atoms with Gasteiger partial charge in [-0.3, -0.25) is 9.78 Å². The molecule has 1 aliphatic rings. The minimum absolute atomic E-state index is 0.0182. The number of ether oxygens (including phenoxy) is 1. The first-order chi connectivity index (χ1) is 13.7. The SMILES string of the molecule is COc1ccc(-c2cc(C)nc(C3CCCN3C(=O)c3ccccc3)c2)cc1. The molecular formula is C24H24N2O2. The van der Waals surface area contributed by atoms with Gasteiger partial charge in [-0.05, 0) is 67.3 Å². The standard InChI is InChI=1S/C24H24N2O2/c1-17-15-20(18-10-12-21(28-2)13-11-18)16-22(25-17)23-9-6-14-26(23)24(27)19-7-4-3-5-8-19/h3-5,7-8,10-13,15-16,23H,6,9,14H2,1-2H3. The normalized spacial score (nSPS) is 16.2. The van der Waals surface area contributed by atoms with E-state index in [1.807, 2.05) is 54.3 Å². The Labute approximate surface area is 165 Å². The molecule has 28 heavy (non-hydrogen) atoms. The molecule has 1 fully saturated rings. The van der Waals surface area contributed by atoms with Crippen LogP contribution in [0.1, 0.15) is 40.6 Å². The number of benzene rings is 2. The predicted octanol–water partition coefficient (Wildman–Crippen LogP) is 5.04. The average molecular weight is 372 g/mol. The summed E-state index contributed by atoms with van der Waals surface area (Å²) >= 11 is 0. The van der Waals surface area contributed by atoms with Gasteiger partial charge in [0.15, 0.2) is 0 Å². The summed E-state index contributed by atoms with van der Waals surface area (Å²) in [6.07, 6.45) is 1.94. The highest BCUT2D eigenvalue weighted by Gasteiger charge is 2.31. The second-order valence-corrected chi connectivity index (χ2v) is 7.17. The fourth-order valence-electron chi connectivity index (χ4n) is 3.88. The number of hydrogen-bond acceptors (Lipinski definition) is 3. The van der Waals surface area contributed by atoms with Gasteiger partial charge in [-0.15, -0.1) is 0 Å². The minimum Gasteiger partial charge on any atom is -0.497 e. The van der Waals surface area contributed by atoms with Crippen LogP contribution in [0.5, 0.6) is 5.75 Å². The molecule has 142 valence electrons. The summed E-state index contributed by atoms with van der Waals surface area (Å²) in [6, 6.07) is 21.8. The average Bonchev–Trinajstić information content (AvgIpc) is 3.23. The zero-order valence-corrected chi connectivity index (χ0v) is 16.3. The second kappa shape index (κ2) is 7.85. The first kappa shape index (κ1) is 18.2. The molecule has 1 aliphatic heterocycles. The van der Waals surface area contributed by atoms with Crippen molar-refractivity contribution in [2.45, 2.75) is 25.8 Å². The molecule has 0 radical (unpaired) electrons. The summed E-state index contributed by atoms with van der Waals surface area (Å²) in [4.78, 5) is 19.8. The molecule has 4 heteroatoms. The van der Waals surface area contributed by atoms with Gasteiger partial charge < -0.3 is 9.64 Å². The topological polar surface area (TPSA) is 42.4 Å². The van der Waals surface area contributed by atoms with Crippen molar-refractivity contribution in [2.24, 2.45) is 0 Å². The van der Waals surface area contributed by atoms with E-state index in [0.29, 0.717) is 0 Å². The molecule has 1 aromatic heterocycles. The van der Waals surface area contributed by atoms with Crippen LogP contribution < -0.4 is 4.74 Å². The number of likely N-dealkylation sites (tertiary alicyclic amines) is 1. The summed E-state index contributed by atoms with van der Waals surface area (Å²) in [5.41, 5.74) is 4.89. The molecule has 1 amide bonds. The molecule has 4 rings (SSSR count). The van der Waals surface area contributed by atoms with Crippen LogP contribution in [-0.2, 0) is 0 Å². The molecule has 4 nitrogen and oxygen atoms in total. The maximum Gasteiger partial charge on any atom is 0.254 e. The Balaban J connectivity index is 1.66. The molecule has 2 heterocycles. The number of aryl methyl sites for hydroxylation is 1. The number of methoxy groups -OCH3 is 1. The Bertz CT molecular complexity index is 968. The van der Waals surface area contributed by atoms with E-state index in [2.05, 4.69) is 24.3 Å². The third-order valence-corrected chi connectivity index (χ3v) is 5.27. The molecule has 1 unspecified atom stereocenters. The predicted molar refractivity (Wildman–Crippen MR) is 110 cm³/mol. The third kappa shape index (κ3) is 3.63. The van der Waals surface area contributed by atoms with E-state index in [1.165, 1.54) is 0 Å². The Morgan fingerprint density at radius 2 is 1.79 bits per heavy atom. The number of aromatic nitrogens is 1. The highest BCUT2D eigenvalue weighted by Crippen LogP contribution is 2.34. The fraction of sp³-hybridized carbons (Fsp3) is 0.250. The molecule has 3 aromatic rings. The van der Waals surface area contributed by atoms with Crippen molar-refractivity contribution in [3.05, 3.63) is 83.7 Å². The number of amides is 1. The van der Waals surface area contributed by atoms with Gasteiger partial charge in [0.05, 0.1) is 18.8 Å². The summed E-state index contributed by atoms with van der Waals surface area (Å²) in [7, 11) is 1.67. The Kier molecular flexibility index (Phi) is 5.11. The van der Waals surface area contributed by atoms with Crippen LogP contribution >= 0.6 is 0 Å². The number of rotatable bonds is 4. The molecule has 0 bridgehead atoms. The van der Waals surface area contributed by atoms with E-state index in [9.17, 15) is 4.79 Å². The molecule has 0 saturated carbocycles. The summed E-state index contributed by atoms with van der Waals surface area (Å²) in [5.74, 6) is 0.919. The van der Waals surface area contributed by atoms with Gasteiger partial charge in [-0.2, -0.15) is 0 Å². The Hall–Kier alpha value is -3.14. The second-order valence-electron chi connectivity index (χ2n) is 7.17. The first-order valence-electron chi connectivity index (χ1n) is 9.65. The van der Waals surface area contributed by atoms with Gasteiger partial charge in [-0.1, -0.05) is 30.3 Å². The summed E-state index contributed by atoms with van der Waals surface area (Å²) in [5, 5.41) is 0. The van der Waals surface area contributed by atoms with Crippen LogP contribution in [0.15, 0.2) is 66.7 Å². The van der Waals surface area contributed by atoms with E-state index in [1.54, 1.807) is 7.11 Å². The molecular weight excluding hydrogens is 348 g/mol. The van der Waals surface area contributed by atoms with Crippen LogP contribution in [0.2, 0.25) is 0 Å². The van der Waals surface area contributed by atoms with E-state index in [0.717, 1.165) is 53.2 Å². The fourth-order valence-corrected chi connectivity index (χ4v) is 3.88. The van der Waals surface area contributed by atoms with Gasteiger partial charge in [0.1, 0.15) is 5.75 Å². The molecule has 2 aromatic carbocycles. The first-order valence-corrected chi connectivity index (χ1v) is 9.65. The highest BCUT2D eigenvalue weighted by molar-refractivity contribution is 5.94. The Morgan fingerprint density at radius 1 is 1.04 bits per heavy atom. The van der Waals surface area contributed by atoms with Crippen molar-refractivity contribution in [1.82, 2.24) is 9.88 Å². The lowest BCUT2D eigenvalue weighted by Gasteiger charge is -2.25. The lowest BCUT2D eigenvalue weighted by atomic mass is 10.0. The van der Waals surface area contributed by atoms with Crippen molar-refractivity contribution < 1.29 is 9.53 Å². The van der Waals surface area contributed by atoms with Crippen LogP contribution in [0.25, 0.3) is 11.1 Å². The number of pyridine rings is 1. The van der Waals surface area contributed by atoms with Gasteiger partial charge in [0.25, 0.3) is 5.91 Å². The number of nitrogens with zero attached hydrogens (tertiary/aromatic N) is 2. The molecule has 1 saturated heterocycles. The summed E-state index contributed by atoms with van der Waals surface area (Å²) < 4.78 is 5.26. The zero-order valence-electron chi connectivity index (χ0n) is 16.3. The monoisotopic (exact) mass is 372 g/mol. The van der Waals surface area contributed by atoms with Crippen molar-refractivity contribution in [3.63, 3.8) is 0 Å². The van der Waals surface area contributed by atoms with E-state index >= 15 is 0 Å². The van der Waals surface area contributed by atoms with E-state index in [4.69, 9.17) is 9.72 Å². The number of carbonyl (C=O) groups excluding carboxylic acids is 1. The van der Waals surface area contributed by atoms with Gasteiger partial charge in [0, 0.05) is 17.8 Å². The quantitative estimate of drug-likeness (QED) is 0.644. The van der Waals surface area contributed by atoms with Crippen molar-refractivity contribution in [1.29, 1.82) is 0 Å². The largest absolute Gasteiger partial charge is 0.497 e. The third-order valence-electron chi connectivity index (χ3n) is 5.27. The smallest absolute Gasteiger partial charge is 0.254 e. The van der Waals surface area contributed by atoms with Crippen molar-refractivity contribution in [2.75, 3.05) is 13.7 Å². The summed E-state index contributed by atoms with van der Waals surface area (Å²) in [6.45, 7) is 2.78. The number of carbonyl (C=O) groups is 1. The molecule has 0 aliphatic carbocycles. The molecule has 0 spiro atoms. The zero-order chi connectivity index (χ0) is 19.5. The molecule has 1 atom stereocenters. The highest BCUT2D eigenvalue weighted by atomic mass is 16.5. The van der Waals surface area contributed by atoms with E-state index < -0.39 is 0 Å². The lowest BCUT2D eigenvalue weighted by Crippen LogP contribution is -2.31. The van der Waals surface area contributed by atoms with E-state index in [-0.39, 0.29) is 11.9 Å². The number of hydrogen-bond donors (Lipinski definition) is 0. The Morgan fingerprint density at radius 3 is 2.50 bits per heavy atom. The minimum atomic E-state index is 0.0182. The van der Waals surface area contributed by atoms with Crippen molar-refractivity contribution >= 4 is 5.91 Å². The van der Waals surface area contributed by atoms with Crippen molar-refractivity contribution in [3.8, 4) is 16.9 Å². The lowest BCUT2D eigenvalue weighted by molar-refractivity contribution is 0.0733. The van der Waals surface area contributed by atoms with Crippen LogP contribution in [0, 0.1) is 6.92 Å². The van der Waals surface area contributed by atoms with Crippen LogP contribution in [0.3, 0.4) is 0 Å². The van der Waals surface area contributed by atoms with Gasteiger partial charge in [-0.25, -0.2) is 0 Å². The van der Waals surface area contributed by atoms with Gasteiger partial charge >= 0.3 is 0 Å². The van der Waals surface area contributed by atoms with Crippen LogP contribution in [0.4, 0.5) is 0 Å². The maximum absolute atomic E-state index is 13.0.